The molecule has 11 heteroatoms. The van der Waals surface area contributed by atoms with Crippen LogP contribution in [-0.2, 0) is 5.85 Å². The van der Waals surface area contributed by atoms with E-state index in [2.05, 4.69) is 0 Å². The van der Waals surface area contributed by atoms with Crippen molar-refractivity contribution in [1.29, 1.82) is 0 Å². The molecule has 0 aliphatic heterocycles. The van der Waals surface area contributed by atoms with E-state index in [1.807, 2.05) is 0 Å². The summed E-state index contributed by atoms with van der Waals surface area (Å²) in [7, 11) is 0. The quantitative estimate of drug-likeness (QED) is 0.410. The lowest BCUT2D eigenvalue weighted by molar-refractivity contribution is -0.148. The normalized spacial score (nSPS) is 23.4. The summed E-state index contributed by atoms with van der Waals surface area (Å²) in [6, 6.07) is 0. The van der Waals surface area contributed by atoms with Crippen molar-refractivity contribution in [3.05, 3.63) is 46.0 Å². The molecule has 0 radical (unpaired) electrons. The maximum absolute atomic E-state index is 14.1. The zero-order valence-electron chi connectivity index (χ0n) is 11.4. The average molecular weight is 374 g/mol. The summed E-state index contributed by atoms with van der Waals surface area (Å²) in [4.78, 5) is 0. The zero-order chi connectivity index (χ0) is 19.0. The van der Waals surface area contributed by atoms with E-state index in [1.54, 1.807) is 0 Å². The molecule has 2 aromatic carbocycles. The van der Waals surface area contributed by atoms with Gasteiger partial charge in [0.05, 0.1) is 10.9 Å². The van der Waals surface area contributed by atoms with Crippen LogP contribution in [0.4, 0.5) is 39.5 Å². The first-order valence-corrected chi connectivity index (χ1v) is 6.25. The second-order valence-corrected chi connectivity index (χ2v) is 5.12. The van der Waals surface area contributed by atoms with Crippen molar-refractivity contribution in [3.63, 3.8) is 0 Å². The van der Waals surface area contributed by atoms with Crippen LogP contribution in [0.15, 0.2) is 5.83 Å². The van der Waals surface area contributed by atoms with E-state index in [9.17, 15) is 49.7 Å². The number of halogens is 9. The van der Waals surface area contributed by atoms with Crippen LogP contribution in [-0.4, -0.2) is 16.4 Å². The molecule has 0 bridgehead atoms. The van der Waals surface area contributed by atoms with E-state index in [0.29, 0.717) is 0 Å². The molecule has 1 aliphatic rings. The van der Waals surface area contributed by atoms with E-state index in [0.717, 1.165) is 0 Å². The van der Waals surface area contributed by atoms with Crippen molar-refractivity contribution >= 4 is 16.6 Å². The summed E-state index contributed by atoms with van der Waals surface area (Å²) in [5.41, 5.74) is -3.92. The number of alkyl halides is 2. The molecule has 0 heterocycles. The maximum Gasteiger partial charge on any atom is 0.275 e. The molecule has 0 saturated heterocycles. The lowest BCUT2D eigenvalue weighted by atomic mass is 9.85. The van der Waals surface area contributed by atoms with Gasteiger partial charge >= 0.3 is 0 Å². The van der Waals surface area contributed by atoms with Gasteiger partial charge in [0.15, 0.2) is 46.5 Å². The summed E-state index contributed by atoms with van der Waals surface area (Å²) in [6.45, 7) is 0. The molecule has 0 spiro atoms. The Morgan fingerprint density at radius 2 is 1.24 bits per heavy atom. The maximum atomic E-state index is 14.1. The van der Waals surface area contributed by atoms with E-state index in [4.69, 9.17) is 0 Å². The molecule has 0 aromatic heterocycles. The number of phenolic OH excluding ortho intramolecular Hbond substituents is 1. The Bertz CT molecular complexity index is 981. The molecule has 0 saturated carbocycles. The van der Waals surface area contributed by atoms with Crippen molar-refractivity contribution in [1.82, 2.24) is 0 Å². The number of hydrogen-bond donors (Lipinski definition) is 2. The predicted octanol–water partition coefficient (Wildman–Crippen LogP) is 4.31. The Labute approximate surface area is 131 Å². The summed E-state index contributed by atoms with van der Waals surface area (Å²) in [5, 5.41) is 15.1. The minimum Gasteiger partial charge on any atom is -0.504 e. The molecule has 0 amide bonds. The molecule has 2 N–H and O–H groups in total. The average Bonchev–Trinajstić information content (AvgIpc) is 2.56. The molecule has 2 unspecified atom stereocenters. The highest BCUT2D eigenvalue weighted by atomic mass is 19.2. The van der Waals surface area contributed by atoms with Crippen molar-refractivity contribution < 1.29 is 49.7 Å². The van der Waals surface area contributed by atoms with E-state index in [1.165, 1.54) is 0 Å². The lowest BCUT2D eigenvalue weighted by Gasteiger charge is -2.30. The van der Waals surface area contributed by atoms with E-state index >= 15 is 0 Å². The molecule has 2 aromatic rings. The Morgan fingerprint density at radius 3 is 1.76 bits per heavy atom. The standard InChI is InChI=1S/C14H3F9O2/c15-5-1-2-4(14(23,25)13(22)11(21)6(2)16)12(24)8(18)3(1)7(17)10(20)9(5)19/h13,24-25H. The highest BCUT2D eigenvalue weighted by molar-refractivity contribution is 5.98. The van der Waals surface area contributed by atoms with Crippen LogP contribution in [0.5, 0.6) is 5.75 Å². The van der Waals surface area contributed by atoms with Gasteiger partial charge in [0.25, 0.3) is 5.85 Å². The number of rotatable bonds is 0. The minimum absolute atomic E-state index is 1.86. The third-order valence-corrected chi connectivity index (χ3v) is 3.77. The molecule has 1 aliphatic carbocycles. The van der Waals surface area contributed by atoms with Crippen LogP contribution >= 0.6 is 0 Å². The first kappa shape index (κ1) is 17.4. The fourth-order valence-corrected chi connectivity index (χ4v) is 2.63. The van der Waals surface area contributed by atoms with Gasteiger partial charge in [-0.05, 0) is 0 Å². The minimum atomic E-state index is -4.61. The van der Waals surface area contributed by atoms with Crippen molar-refractivity contribution in [2.45, 2.75) is 12.0 Å². The van der Waals surface area contributed by atoms with Gasteiger partial charge in [-0.2, -0.15) is 0 Å². The molecule has 3 rings (SSSR count). The van der Waals surface area contributed by atoms with Crippen LogP contribution in [0.3, 0.4) is 0 Å². The number of aliphatic hydroxyl groups is 1. The number of aromatic hydroxyl groups is 1. The van der Waals surface area contributed by atoms with Crippen molar-refractivity contribution in [2.75, 3.05) is 0 Å². The molecular weight excluding hydrogens is 371 g/mol. The Balaban J connectivity index is 2.73. The van der Waals surface area contributed by atoms with Gasteiger partial charge in [-0.1, -0.05) is 0 Å². The topological polar surface area (TPSA) is 40.5 Å². The number of hydrogen-bond acceptors (Lipinski definition) is 2. The van der Waals surface area contributed by atoms with Crippen LogP contribution in [0, 0.1) is 29.1 Å². The molecule has 134 valence electrons. The van der Waals surface area contributed by atoms with Gasteiger partial charge in [0, 0.05) is 10.9 Å². The Hall–Kier alpha value is -2.43. The number of phenols is 1. The summed E-state index contributed by atoms with van der Waals surface area (Å²) in [5.74, 6) is -24.3. The van der Waals surface area contributed by atoms with Crippen LogP contribution in [0.2, 0.25) is 0 Å². The van der Waals surface area contributed by atoms with Gasteiger partial charge in [-0.3, -0.25) is 0 Å². The van der Waals surface area contributed by atoms with Crippen molar-refractivity contribution in [3.8, 4) is 5.75 Å². The lowest BCUT2D eigenvalue weighted by Crippen LogP contribution is -2.37. The third kappa shape index (κ3) is 1.92. The van der Waals surface area contributed by atoms with Gasteiger partial charge < -0.3 is 10.2 Å². The van der Waals surface area contributed by atoms with E-state index in [-0.39, 0.29) is 0 Å². The SMILES string of the molecule is Oc1c2c(c3c(F)c(F)c(F)c(F)c3c1F)C(F)=C(F)C(F)C2(O)F. The summed E-state index contributed by atoms with van der Waals surface area (Å²) >= 11 is 0. The van der Waals surface area contributed by atoms with Crippen LogP contribution in [0.1, 0.15) is 11.1 Å². The highest BCUT2D eigenvalue weighted by Crippen LogP contribution is 2.53. The second-order valence-electron chi connectivity index (χ2n) is 5.12. The molecule has 0 fully saturated rings. The smallest absolute Gasteiger partial charge is 0.275 e. The Kier molecular flexibility index (Phi) is 3.50. The predicted molar refractivity (Wildman–Crippen MR) is 64.4 cm³/mol. The summed E-state index contributed by atoms with van der Waals surface area (Å²) in [6.07, 6.45) is -3.79. The second kappa shape index (κ2) is 5.04. The van der Waals surface area contributed by atoms with Crippen LogP contribution in [0.25, 0.3) is 16.6 Å². The first-order valence-electron chi connectivity index (χ1n) is 6.25. The fourth-order valence-electron chi connectivity index (χ4n) is 2.63. The van der Waals surface area contributed by atoms with Crippen LogP contribution < -0.4 is 0 Å². The monoisotopic (exact) mass is 374 g/mol. The van der Waals surface area contributed by atoms with Gasteiger partial charge in [-0.15, -0.1) is 0 Å². The number of benzene rings is 2. The molecule has 2 atom stereocenters. The zero-order valence-corrected chi connectivity index (χ0v) is 11.4. The highest BCUT2D eigenvalue weighted by Gasteiger charge is 2.53. The van der Waals surface area contributed by atoms with Gasteiger partial charge in [0.2, 0.25) is 6.17 Å². The van der Waals surface area contributed by atoms with Crippen molar-refractivity contribution in [2.24, 2.45) is 0 Å². The van der Waals surface area contributed by atoms with Gasteiger partial charge in [-0.25, -0.2) is 39.5 Å². The first-order chi connectivity index (χ1) is 11.4. The number of fused-ring (bicyclic) bond motifs is 3. The van der Waals surface area contributed by atoms with E-state index < -0.39 is 80.4 Å². The largest absolute Gasteiger partial charge is 0.504 e. The third-order valence-electron chi connectivity index (χ3n) is 3.77. The van der Waals surface area contributed by atoms with Gasteiger partial charge in [0.1, 0.15) is 0 Å². The molecule has 2 nitrogen and oxygen atoms in total. The molecule has 25 heavy (non-hydrogen) atoms. The summed E-state index contributed by atoms with van der Waals surface area (Å²) < 4.78 is 123. The Morgan fingerprint density at radius 1 is 0.760 bits per heavy atom. The molecular formula is C14H3F9O2. The fraction of sp³-hybridized carbons (Fsp3) is 0.143.